The normalized spacial score (nSPS) is 13.6. The van der Waals surface area contributed by atoms with E-state index in [-0.39, 0.29) is 6.04 Å². The van der Waals surface area contributed by atoms with Crippen LogP contribution in [0.15, 0.2) is 59.5 Å². The summed E-state index contributed by atoms with van der Waals surface area (Å²) in [6, 6.07) is 17.7. The molecule has 3 nitrogen and oxygen atoms in total. The van der Waals surface area contributed by atoms with Gasteiger partial charge in [-0.2, -0.15) is 0 Å². The van der Waals surface area contributed by atoms with Crippen molar-refractivity contribution < 1.29 is 8.95 Å². The van der Waals surface area contributed by atoms with E-state index < -0.39 is 10.8 Å². The Hall–Kier alpha value is -1.65. The number of hydrogen-bond donors (Lipinski definition) is 1. The maximum Gasteiger partial charge on any atom is 0.120 e. The highest BCUT2D eigenvalue weighted by Crippen LogP contribution is 2.20. The van der Waals surface area contributed by atoms with Crippen LogP contribution in [0.3, 0.4) is 0 Å². The molecular formula is C17H21NO2S. The molecule has 0 amide bonds. The van der Waals surface area contributed by atoms with Gasteiger partial charge in [0.25, 0.3) is 0 Å². The van der Waals surface area contributed by atoms with Crippen LogP contribution < -0.4 is 10.1 Å². The van der Waals surface area contributed by atoms with E-state index in [4.69, 9.17) is 4.74 Å². The van der Waals surface area contributed by atoms with Gasteiger partial charge in [0, 0.05) is 16.7 Å². The first-order valence-corrected chi connectivity index (χ1v) is 8.37. The van der Waals surface area contributed by atoms with Crippen molar-refractivity contribution >= 4 is 10.8 Å². The van der Waals surface area contributed by atoms with Gasteiger partial charge >= 0.3 is 0 Å². The Morgan fingerprint density at radius 2 is 1.90 bits per heavy atom. The van der Waals surface area contributed by atoms with Gasteiger partial charge in [0.1, 0.15) is 5.75 Å². The fourth-order valence-corrected chi connectivity index (χ4v) is 3.48. The summed E-state index contributed by atoms with van der Waals surface area (Å²) < 4.78 is 17.8. The summed E-state index contributed by atoms with van der Waals surface area (Å²) in [6.07, 6.45) is 0. The Morgan fingerprint density at radius 1 is 1.14 bits per heavy atom. The average Bonchev–Trinajstić information content (AvgIpc) is 2.55. The topological polar surface area (TPSA) is 38.3 Å². The molecular weight excluding hydrogens is 282 g/mol. The van der Waals surface area contributed by atoms with Crippen molar-refractivity contribution in [1.82, 2.24) is 5.32 Å². The SMILES string of the molecule is CCNC(CS(=O)c1cccc(OC)c1)c1ccccc1. The van der Waals surface area contributed by atoms with Gasteiger partial charge < -0.3 is 10.1 Å². The zero-order valence-corrected chi connectivity index (χ0v) is 13.2. The Balaban J connectivity index is 2.14. The Kier molecular flexibility index (Phi) is 5.96. The maximum absolute atomic E-state index is 12.6. The van der Waals surface area contributed by atoms with E-state index in [1.165, 1.54) is 0 Å². The first kappa shape index (κ1) is 15.7. The molecule has 0 saturated heterocycles. The van der Waals surface area contributed by atoms with Crippen LogP contribution in [0.2, 0.25) is 0 Å². The average molecular weight is 303 g/mol. The second-order valence-corrected chi connectivity index (χ2v) is 6.21. The van der Waals surface area contributed by atoms with Crippen molar-refractivity contribution in [2.45, 2.75) is 17.9 Å². The first-order chi connectivity index (χ1) is 10.2. The highest BCUT2D eigenvalue weighted by Gasteiger charge is 2.15. The third kappa shape index (κ3) is 4.41. The van der Waals surface area contributed by atoms with Gasteiger partial charge in [-0.3, -0.25) is 4.21 Å². The molecule has 0 aliphatic carbocycles. The van der Waals surface area contributed by atoms with Gasteiger partial charge in [0.2, 0.25) is 0 Å². The summed E-state index contributed by atoms with van der Waals surface area (Å²) >= 11 is 0. The van der Waals surface area contributed by atoms with Crippen LogP contribution in [0, 0.1) is 0 Å². The van der Waals surface area contributed by atoms with Crippen LogP contribution in [0.5, 0.6) is 5.75 Å². The fraction of sp³-hybridized carbons (Fsp3) is 0.294. The largest absolute Gasteiger partial charge is 0.497 e. The second kappa shape index (κ2) is 7.96. The lowest BCUT2D eigenvalue weighted by molar-refractivity contribution is 0.413. The minimum Gasteiger partial charge on any atom is -0.497 e. The summed E-state index contributed by atoms with van der Waals surface area (Å²) in [5.74, 6) is 1.28. The summed E-state index contributed by atoms with van der Waals surface area (Å²) in [6.45, 7) is 2.90. The smallest absolute Gasteiger partial charge is 0.120 e. The summed E-state index contributed by atoms with van der Waals surface area (Å²) in [4.78, 5) is 0.799. The van der Waals surface area contributed by atoms with Crippen molar-refractivity contribution in [3.8, 4) is 5.75 Å². The summed E-state index contributed by atoms with van der Waals surface area (Å²) in [7, 11) is 0.549. The maximum atomic E-state index is 12.6. The molecule has 0 bridgehead atoms. The fourth-order valence-electron chi connectivity index (χ4n) is 2.20. The number of benzene rings is 2. The highest BCUT2D eigenvalue weighted by atomic mass is 32.2. The lowest BCUT2D eigenvalue weighted by atomic mass is 10.1. The van der Waals surface area contributed by atoms with E-state index in [2.05, 4.69) is 24.4 Å². The standard InChI is InChI=1S/C17H21NO2S/c1-3-18-17(14-8-5-4-6-9-14)13-21(19)16-11-7-10-15(12-16)20-2/h4-12,17-18H,3,13H2,1-2H3. The molecule has 0 radical (unpaired) electrons. The van der Waals surface area contributed by atoms with Crippen LogP contribution in [0.1, 0.15) is 18.5 Å². The van der Waals surface area contributed by atoms with E-state index in [9.17, 15) is 4.21 Å². The molecule has 2 aromatic carbocycles. The summed E-state index contributed by atoms with van der Waals surface area (Å²) in [5.41, 5.74) is 1.16. The van der Waals surface area contributed by atoms with Crippen molar-refractivity contribution in [2.24, 2.45) is 0 Å². The molecule has 0 spiro atoms. The molecule has 0 heterocycles. The van der Waals surface area contributed by atoms with Crippen LogP contribution in [-0.2, 0) is 10.8 Å². The molecule has 1 N–H and O–H groups in total. The minimum absolute atomic E-state index is 0.0863. The van der Waals surface area contributed by atoms with E-state index in [0.717, 1.165) is 22.8 Å². The number of ether oxygens (including phenoxy) is 1. The quantitative estimate of drug-likeness (QED) is 0.854. The zero-order chi connectivity index (χ0) is 15.1. The third-order valence-electron chi connectivity index (χ3n) is 3.27. The van der Waals surface area contributed by atoms with Gasteiger partial charge in [-0.25, -0.2) is 0 Å². The molecule has 0 aromatic heterocycles. The van der Waals surface area contributed by atoms with Crippen LogP contribution in [0.4, 0.5) is 0 Å². The Bertz CT molecular complexity index is 586. The van der Waals surface area contributed by atoms with Gasteiger partial charge in [-0.05, 0) is 30.3 Å². The van der Waals surface area contributed by atoms with Crippen molar-refractivity contribution in [2.75, 3.05) is 19.4 Å². The van der Waals surface area contributed by atoms with Crippen molar-refractivity contribution in [1.29, 1.82) is 0 Å². The molecule has 4 heteroatoms. The van der Waals surface area contributed by atoms with Crippen LogP contribution in [0.25, 0.3) is 0 Å². The second-order valence-electron chi connectivity index (χ2n) is 4.71. The number of methoxy groups -OCH3 is 1. The molecule has 2 aromatic rings. The van der Waals surface area contributed by atoms with Gasteiger partial charge in [-0.15, -0.1) is 0 Å². The predicted molar refractivity (Wildman–Crippen MR) is 87.1 cm³/mol. The number of nitrogens with one attached hydrogen (secondary N) is 1. The van der Waals surface area contributed by atoms with Crippen molar-refractivity contribution in [3.05, 3.63) is 60.2 Å². The molecule has 2 rings (SSSR count). The van der Waals surface area contributed by atoms with Gasteiger partial charge in [-0.1, -0.05) is 43.3 Å². The predicted octanol–water partition coefficient (Wildman–Crippen LogP) is 3.15. The molecule has 0 fully saturated rings. The zero-order valence-electron chi connectivity index (χ0n) is 12.4. The number of hydrogen-bond acceptors (Lipinski definition) is 3. The summed E-state index contributed by atoms with van der Waals surface area (Å²) in [5, 5.41) is 3.40. The van der Waals surface area contributed by atoms with E-state index in [0.29, 0.717) is 5.75 Å². The molecule has 0 saturated carbocycles. The molecule has 0 aliphatic rings. The van der Waals surface area contributed by atoms with E-state index >= 15 is 0 Å². The Labute approximate surface area is 128 Å². The minimum atomic E-state index is -1.07. The highest BCUT2D eigenvalue weighted by molar-refractivity contribution is 7.85. The molecule has 0 aliphatic heterocycles. The van der Waals surface area contributed by atoms with Gasteiger partial charge in [0.15, 0.2) is 0 Å². The Morgan fingerprint density at radius 3 is 2.57 bits per heavy atom. The van der Waals surface area contributed by atoms with Gasteiger partial charge in [0.05, 0.1) is 17.9 Å². The molecule has 2 atom stereocenters. The first-order valence-electron chi connectivity index (χ1n) is 7.05. The lowest BCUT2D eigenvalue weighted by Crippen LogP contribution is -2.26. The van der Waals surface area contributed by atoms with E-state index in [1.54, 1.807) is 7.11 Å². The molecule has 2 unspecified atom stereocenters. The lowest BCUT2D eigenvalue weighted by Gasteiger charge is -2.18. The van der Waals surface area contributed by atoms with E-state index in [1.807, 2.05) is 42.5 Å². The third-order valence-corrected chi connectivity index (χ3v) is 4.69. The monoisotopic (exact) mass is 303 g/mol. The van der Waals surface area contributed by atoms with Crippen LogP contribution >= 0.6 is 0 Å². The van der Waals surface area contributed by atoms with Crippen LogP contribution in [-0.4, -0.2) is 23.6 Å². The number of rotatable bonds is 7. The molecule has 21 heavy (non-hydrogen) atoms. The molecule has 112 valence electrons. The van der Waals surface area contributed by atoms with Crippen molar-refractivity contribution in [3.63, 3.8) is 0 Å².